The molecule has 3 rings (SSSR count). The Bertz CT molecular complexity index is 935. The van der Waals surface area contributed by atoms with Gasteiger partial charge in [0.05, 0.1) is 17.8 Å². The van der Waals surface area contributed by atoms with Gasteiger partial charge in [-0.3, -0.25) is 14.2 Å². The summed E-state index contributed by atoms with van der Waals surface area (Å²) in [4.78, 5) is 33.3. The van der Waals surface area contributed by atoms with Crippen molar-refractivity contribution >= 4 is 27.5 Å². The first-order valence-corrected chi connectivity index (χ1v) is 9.22. The predicted octanol–water partition coefficient (Wildman–Crippen LogP) is 2.62. The van der Waals surface area contributed by atoms with Gasteiger partial charge >= 0.3 is 0 Å². The summed E-state index contributed by atoms with van der Waals surface area (Å²) in [5.41, 5.74) is 0.495. The van der Waals surface area contributed by atoms with Crippen molar-refractivity contribution in [2.75, 3.05) is 6.54 Å². The van der Waals surface area contributed by atoms with E-state index in [1.165, 1.54) is 22.2 Å². The van der Waals surface area contributed by atoms with Gasteiger partial charge in [0, 0.05) is 11.4 Å². The van der Waals surface area contributed by atoms with Crippen molar-refractivity contribution in [2.24, 2.45) is 5.41 Å². The summed E-state index contributed by atoms with van der Waals surface area (Å²) in [6.45, 7) is 8.37. The number of piperidine rings is 1. The van der Waals surface area contributed by atoms with Gasteiger partial charge in [-0.25, -0.2) is 4.98 Å². The standard InChI is InChI=1S/C18H22N4O2S/c1-11-12(2)25-16-15(11)17(24)21(10-20-16)9-14(23)22-7-5-6-18(3,4)13(22)8-19/h10,13H,5-7,9H2,1-4H3. The van der Waals surface area contributed by atoms with Crippen molar-refractivity contribution in [3.05, 3.63) is 27.1 Å². The molecule has 0 saturated carbocycles. The molecule has 1 saturated heterocycles. The van der Waals surface area contributed by atoms with E-state index in [-0.39, 0.29) is 23.4 Å². The second-order valence-electron chi connectivity index (χ2n) is 7.35. The van der Waals surface area contributed by atoms with Gasteiger partial charge in [0.1, 0.15) is 17.4 Å². The molecule has 3 heterocycles. The Morgan fingerprint density at radius 3 is 2.88 bits per heavy atom. The third kappa shape index (κ3) is 2.95. The summed E-state index contributed by atoms with van der Waals surface area (Å²) in [6.07, 6.45) is 3.22. The minimum absolute atomic E-state index is 0.0790. The van der Waals surface area contributed by atoms with Crippen molar-refractivity contribution in [3.63, 3.8) is 0 Å². The molecule has 1 unspecified atom stereocenters. The summed E-state index contributed by atoms with van der Waals surface area (Å²) in [7, 11) is 0. The molecule has 2 aromatic heterocycles. The molecule has 1 atom stereocenters. The largest absolute Gasteiger partial charge is 0.325 e. The molecule has 0 aromatic carbocycles. The molecule has 132 valence electrons. The molecular weight excluding hydrogens is 336 g/mol. The van der Waals surface area contributed by atoms with Gasteiger partial charge in [0.15, 0.2) is 0 Å². The molecule has 0 radical (unpaired) electrons. The highest BCUT2D eigenvalue weighted by atomic mass is 32.1. The van der Waals surface area contributed by atoms with Crippen LogP contribution in [0.15, 0.2) is 11.1 Å². The Labute approximate surface area is 150 Å². The number of nitriles is 1. The molecule has 1 aliphatic rings. The number of hydrogen-bond donors (Lipinski definition) is 0. The number of hydrogen-bond acceptors (Lipinski definition) is 5. The van der Waals surface area contributed by atoms with E-state index in [0.717, 1.165) is 23.3 Å². The summed E-state index contributed by atoms with van der Waals surface area (Å²) in [5.74, 6) is -0.202. The quantitative estimate of drug-likeness (QED) is 0.826. The van der Waals surface area contributed by atoms with E-state index in [4.69, 9.17) is 0 Å². The fourth-order valence-corrected chi connectivity index (χ4v) is 4.51. The summed E-state index contributed by atoms with van der Waals surface area (Å²) >= 11 is 1.49. The number of likely N-dealkylation sites (tertiary alicyclic amines) is 1. The van der Waals surface area contributed by atoms with E-state index >= 15 is 0 Å². The molecule has 0 aliphatic carbocycles. The van der Waals surface area contributed by atoms with E-state index < -0.39 is 6.04 Å². The van der Waals surface area contributed by atoms with Gasteiger partial charge in [-0.2, -0.15) is 5.26 Å². The van der Waals surface area contributed by atoms with Crippen LogP contribution in [0, 0.1) is 30.6 Å². The van der Waals surface area contributed by atoms with Crippen LogP contribution in [0.4, 0.5) is 0 Å². The summed E-state index contributed by atoms with van der Waals surface area (Å²) in [6, 6.07) is 1.80. The van der Waals surface area contributed by atoms with Gasteiger partial charge in [-0.05, 0) is 37.7 Å². The molecule has 2 aromatic rings. The van der Waals surface area contributed by atoms with E-state index in [0.29, 0.717) is 16.8 Å². The number of aromatic nitrogens is 2. The maximum atomic E-state index is 12.8. The van der Waals surface area contributed by atoms with E-state index in [2.05, 4.69) is 11.1 Å². The molecular formula is C18H22N4O2S. The molecule has 6 nitrogen and oxygen atoms in total. The van der Waals surface area contributed by atoms with Crippen LogP contribution in [-0.2, 0) is 11.3 Å². The Hall–Kier alpha value is -2.20. The predicted molar refractivity (Wildman–Crippen MR) is 97.5 cm³/mol. The molecule has 1 amide bonds. The Morgan fingerprint density at radius 1 is 1.48 bits per heavy atom. The highest BCUT2D eigenvalue weighted by molar-refractivity contribution is 7.18. The molecule has 25 heavy (non-hydrogen) atoms. The van der Waals surface area contributed by atoms with Crippen LogP contribution in [-0.4, -0.2) is 32.9 Å². The molecule has 0 bridgehead atoms. The summed E-state index contributed by atoms with van der Waals surface area (Å²) < 4.78 is 1.36. The highest BCUT2D eigenvalue weighted by Gasteiger charge is 2.40. The average Bonchev–Trinajstić information content (AvgIpc) is 2.84. The van der Waals surface area contributed by atoms with E-state index in [9.17, 15) is 14.9 Å². The highest BCUT2D eigenvalue weighted by Crippen LogP contribution is 2.34. The van der Waals surface area contributed by atoms with Crippen LogP contribution in [0.1, 0.15) is 37.1 Å². The number of rotatable bonds is 2. The number of aryl methyl sites for hydroxylation is 2. The Kier molecular flexibility index (Phi) is 4.41. The lowest BCUT2D eigenvalue weighted by atomic mass is 9.77. The number of nitrogens with zero attached hydrogens (tertiary/aromatic N) is 4. The summed E-state index contributed by atoms with van der Waals surface area (Å²) in [5, 5.41) is 10.1. The lowest BCUT2D eigenvalue weighted by molar-refractivity contribution is -0.137. The molecule has 1 aliphatic heterocycles. The van der Waals surface area contributed by atoms with Crippen molar-refractivity contribution < 1.29 is 4.79 Å². The van der Waals surface area contributed by atoms with Crippen LogP contribution < -0.4 is 5.56 Å². The zero-order valence-electron chi connectivity index (χ0n) is 15.0. The van der Waals surface area contributed by atoms with Gasteiger partial charge in [-0.15, -0.1) is 11.3 Å². The number of carbonyl (C=O) groups is 1. The van der Waals surface area contributed by atoms with Crippen LogP contribution in [0.5, 0.6) is 0 Å². The lowest BCUT2D eigenvalue weighted by Crippen LogP contribution is -2.52. The zero-order chi connectivity index (χ0) is 18.4. The van der Waals surface area contributed by atoms with Gasteiger partial charge in [0.2, 0.25) is 5.91 Å². The SMILES string of the molecule is Cc1sc2ncn(CC(=O)N3CCCC(C)(C)C3C#N)c(=O)c2c1C. The average molecular weight is 358 g/mol. The first-order valence-electron chi connectivity index (χ1n) is 8.40. The first kappa shape index (κ1) is 17.6. The first-order chi connectivity index (χ1) is 11.8. The maximum Gasteiger partial charge on any atom is 0.262 e. The van der Waals surface area contributed by atoms with Crippen molar-refractivity contribution in [2.45, 2.75) is 53.1 Å². The van der Waals surface area contributed by atoms with Crippen molar-refractivity contribution in [1.82, 2.24) is 14.5 Å². The second-order valence-corrected chi connectivity index (χ2v) is 8.56. The molecule has 0 N–H and O–H groups in total. The van der Waals surface area contributed by atoms with E-state index in [1.807, 2.05) is 27.7 Å². The smallest absolute Gasteiger partial charge is 0.262 e. The van der Waals surface area contributed by atoms with Crippen LogP contribution in [0.3, 0.4) is 0 Å². The minimum Gasteiger partial charge on any atom is -0.325 e. The fourth-order valence-electron chi connectivity index (χ4n) is 3.52. The topological polar surface area (TPSA) is 79.0 Å². The van der Waals surface area contributed by atoms with Gasteiger partial charge in [-0.1, -0.05) is 13.8 Å². The van der Waals surface area contributed by atoms with Crippen LogP contribution >= 0.6 is 11.3 Å². The molecule has 0 spiro atoms. The van der Waals surface area contributed by atoms with Crippen molar-refractivity contribution in [1.29, 1.82) is 5.26 Å². The fraction of sp³-hybridized carbons (Fsp3) is 0.556. The molecule has 1 fully saturated rings. The van der Waals surface area contributed by atoms with Gasteiger partial charge < -0.3 is 4.90 Å². The number of thiophene rings is 1. The number of carbonyl (C=O) groups excluding carboxylic acids is 1. The number of fused-ring (bicyclic) bond motifs is 1. The third-order valence-electron chi connectivity index (χ3n) is 5.18. The second kappa shape index (κ2) is 6.26. The minimum atomic E-state index is -0.466. The third-order valence-corrected chi connectivity index (χ3v) is 6.29. The normalized spacial score (nSPS) is 19.8. The van der Waals surface area contributed by atoms with Crippen LogP contribution in [0.2, 0.25) is 0 Å². The van der Waals surface area contributed by atoms with Crippen LogP contribution in [0.25, 0.3) is 10.2 Å². The van der Waals surface area contributed by atoms with Gasteiger partial charge in [0.25, 0.3) is 5.56 Å². The lowest BCUT2D eigenvalue weighted by Gasteiger charge is -2.42. The Balaban J connectivity index is 1.92. The maximum absolute atomic E-state index is 12.8. The monoisotopic (exact) mass is 358 g/mol. The van der Waals surface area contributed by atoms with E-state index in [1.54, 1.807) is 4.90 Å². The van der Waals surface area contributed by atoms with Crippen molar-refractivity contribution in [3.8, 4) is 6.07 Å². The zero-order valence-corrected chi connectivity index (χ0v) is 15.8. The number of amides is 1. The Morgan fingerprint density at radius 2 is 2.20 bits per heavy atom. The molecule has 7 heteroatoms.